The summed E-state index contributed by atoms with van der Waals surface area (Å²) in [6.45, 7) is 3.37. The molecule has 21 heavy (non-hydrogen) atoms. The fourth-order valence-electron chi connectivity index (χ4n) is 1.68. The van der Waals surface area contributed by atoms with Crippen molar-refractivity contribution in [2.24, 2.45) is 0 Å². The van der Waals surface area contributed by atoms with E-state index in [-0.39, 0.29) is 11.7 Å². The summed E-state index contributed by atoms with van der Waals surface area (Å²) >= 11 is 5.72. The highest BCUT2D eigenvalue weighted by Gasteiger charge is 2.13. The van der Waals surface area contributed by atoms with E-state index in [0.29, 0.717) is 22.1 Å². The molecule has 0 aliphatic carbocycles. The molecule has 1 heterocycles. The van der Waals surface area contributed by atoms with Gasteiger partial charge >= 0.3 is 0 Å². The number of rotatable bonds is 4. The number of hydrogen-bond acceptors (Lipinski definition) is 3. The van der Waals surface area contributed by atoms with E-state index in [9.17, 15) is 9.18 Å². The molecule has 1 aromatic carbocycles. The third-order valence-corrected chi connectivity index (χ3v) is 3.15. The van der Waals surface area contributed by atoms with Gasteiger partial charge in [-0.3, -0.25) is 4.79 Å². The zero-order valence-electron chi connectivity index (χ0n) is 11.7. The maximum absolute atomic E-state index is 13.5. The van der Waals surface area contributed by atoms with E-state index in [0.717, 1.165) is 0 Å². The van der Waals surface area contributed by atoms with Crippen LogP contribution in [-0.2, 0) is 4.79 Å². The third-order valence-electron chi connectivity index (χ3n) is 2.93. The lowest BCUT2D eigenvalue weighted by molar-refractivity contribution is -0.116. The summed E-state index contributed by atoms with van der Waals surface area (Å²) in [5.74, 6) is -0.175. The zero-order valence-corrected chi connectivity index (χ0v) is 12.4. The number of amides is 1. The van der Waals surface area contributed by atoms with Crippen molar-refractivity contribution < 1.29 is 9.18 Å². The van der Waals surface area contributed by atoms with Crippen LogP contribution in [-0.4, -0.2) is 16.9 Å². The average Bonchev–Trinajstić information content (AvgIpc) is 2.45. The van der Waals surface area contributed by atoms with E-state index < -0.39 is 6.04 Å². The summed E-state index contributed by atoms with van der Waals surface area (Å²) in [7, 11) is 0. The molecule has 1 amide bonds. The zero-order chi connectivity index (χ0) is 15.4. The van der Waals surface area contributed by atoms with Crippen molar-refractivity contribution in [3.63, 3.8) is 0 Å². The molecular weight excluding hydrogens is 293 g/mol. The summed E-state index contributed by atoms with van der Waals surface area (Å²) < 4.78 is 13.5. The number of benzene rings is 1. The number of nitrogens with zero attached hydrogens (tertiary/aromatic N) is 1. The minimum absolute atomic E-state index is 0.272. The van der Waals surface area contributed by atoms with Gasteiger partial charge in [0.05, 0.1) is 5.02 Å². The Balaban J connectivity index is 1.98. The number of halogens is 2. The van der Waals surface area contributed by atoms with Crippen molar-refractivity contribution in [3.8, 4) is 0 Å². The number of carbonyl (C=O) groups excluding carboxylic acids is 1. The standard InChI is InChI=1S/C15H15ClFN3O/c1-9-3-5-12(7-13(9)17)19-10(2)15(21)20-14-6-4-11(16)8-18-14/h3-8,10,19H,1-2H3,(H,18,20,21). The molecule has 2 N–H and O–H groups in total. The van der Waals surface area contributed by atoms with Crippen molar-refractivity contribution in [1.29, 1.82) is 0 Å². The van der Waals surface area contributed by atoms with Gasteiger partial charge in [0.1, 0.15) is 17.7 Å². The second-order valence-electron chi connectivity index (χ2n) is 4.68. The molecule has 1 unspecified atom stereocenters. The number of aryl methyl sites for hydroxylation is 1. The quantitative estimate of drug-likeness (QED) is 0.907. The Morgan fingerprint density at radius 1 is 1.33 bits per heavy atom. The first kappa shape index (κ1) is 15.3. The van der Waals surface area contributed by atoms with Gasteiger partial charge in [-0.05, 0) is 43.7 Å². The number of aromatic nitrogens is 1. The molecule has 0 aliphatic rings. The Hall–Kier alpha value is -2.14. The molecule has 0 spiro atoms. The number of hydrogen-bond donors (Lipinski definition) is 2. The Morgan fingerprint density at radius 2 is 2.10 bits per heavy atom. The van der Waals surface area contributed by atoms with E-state index in [2.05, 4.69) is 15.6 Å². The van der Waals surface area contributed by atoms with E-state index in [1.165, 1.54) is 12.3 Å². The van der Waals surface area contributed by atoms with Gasteiger partial charge in [-0.2, -0.15) is 0 Å². The van der Waals surface area contributed by atoms with Crippen LogP contribution in [0.1, 0.15) is 12.5 Å². The van der Waals surface area contributed by atoms with Crippen LogP contribution in [0.4, 0.5) is 15.9 Å². The second-order valence-corrected chi connectivity index (χ2v) is 5.12. The van der Waals surface area contributed by atoms with Crippen LogP contribution in [0.2, 0.25) is 5.02 Å². The first-order valence-corrected chi connectivity index (χ1v) is 6.78. The van der Waals surface area contributed by atoms with Crippen LogP contribution in [0.25, 0.3) is 0 Å². The molecule has 0 radical (unpaired) electrons. The largest absolute Gasteiger partial charge is 0.374 e. The highest BCUT2D eigenvalue weighted by atomic mass is 35.5. The minimum atomic E-state index is -0.537. The van der Waals surface area contributed by atoms with E-state index >= 15 is 0 Å². The fourth-order valence-corrected chi connectivity index (χ4v) is 1.79. The number of pyridine rings is 1. The SMILES string of the molecule is Cc1ccc(NC(C)C(=O)Nc2ccc(Cl)cn2)cc1F. The van der Waals surface area contributed by atoms with Gasteiger partial charge < -0.3 is 10.6 Å². The third kappa shape index (κ3) is 4.16. The van der Waals surface area contributed by atoms with E-state index in [4.69, 9.17) is 11.6 Å². The van der Waals surface area contributed by atoms with Gasteiger partial charge in [0.2, 0.25) is 5.91 Å². The maximum atomic E-state index is 13.5. The molecule has 1 aromatic heterocycles. The highest BCUT2D eigenvalue weighted by molar-refractivity contribution is 6.30. The highest BCUT2D eigenvalue weighted by Crippen LogP contribution is 2.15. The Kier molecular flexibility index (Phi) is 4.75. The molecule has 0 fully saturated rings. The maximum Gasteiger partial charge on any atom is 0.247 e. The van der Waals surface area contributed by atoms with Gasteiger partial charge in [-0.1, -0.05) is 17.7 Å². The first-order chi connectivity index (χ1) is 9.95. The van der Waals surface area contributed by atoms with Crippen molar-refractivity contribution in [2.45, 2.75) is 19.9 Å². The summed E-state index contributed by atoms with van der Waals surface area (Å²) in [5, 5.41) is 6.08. The van der Waals surface area contributed by atoms with Crippen molar-refractivity contribution in [3.05, 3.63) is 52.9 Å². The minimum Gasteiger partial charge on any atom is -0.374 e. The normalized spacial score (nSPS) is 11.8. The van der Waals surface area contributed by atoms with Crippen LogP contribution in [0, 0.1) is 12.7 Å². The van der Waals surface area contributed by atoms with Crippen LogP contribution in [0.5, 0.6) is 0 Å². The summed E-state index contributed by atoms with van der Waals surface area (Å²) in [6.07, 6.45) is 1.45. The number of nitrogens with one attached hydrogen (secondary N) is 2. The topological polar surface area (TPSA) is 54.0 Å². The Morgan fingerprint density at radius 3 is 2.71 bits per heavy atom. The number of carbonyl (C=O) groups is 1. The van der Waals surface area contributed by atoms with Crippen LogP contribution in [0.15, 0.2) is 36.5 Å². The molecule has 0 saturated heterocycles. The van der Waals surface area contributed by atoms with Gasteiger partial charge in [0.15, 0.2) is 0 Å². The Labute approximate surface area is 127 Å². The lowest BCUT2D eigenvalue weighted by atomic mass is 10.2. The van der Waals surface area contributed by atoms with E-state index in [1.807, 2.05) is 0 Å². The summed E-state index contributed by atoms with van der Waals surface area (Å²) in [4.78, 5) is 16.0. The lowest BCUT2D eigenvalue weighted by Crippen LogP contribution is -2.32. The van der Waals surface area contributed by atoms with Crippen LogP contribution >= 0.6 is 11.6 Å². The number of anilines is 2. The van der Waals surface area contributed by atoms with Crippen LogP contribution < -0.4 is 10.6 Å². The average molecular weight is 308 g/mol. The molecule has 4 nitrogen and oxygen atoms in total. The van der Waals surface area contributed by atoms with Crippen molar-refractivity contribution in [1.82, 2.24) is 4.98 Å². The van der Waals surface area contributed by atoms with Gasteiger partial charge in [-0.25, -0.2) is 9.37 Å². The molecule has 0 bridgehead atoms. The van der Waals surface area contributed by atoms with Crippen molar-refractivity contribution >= 4 is 29.0 Å². The summed E-state index contributed by atoms with van der Waals surface area (Å²) in [5.41, 5.74) is 1.10. The lowest BCUT2D eigenvalue weighted by Gasteiger charge is -2.15. The van der Waals surface area contributed by atoms with Crippen molar-refractivity contribution in [2.75, 3.05) is 10.6 Å². The monoisotopic (exact) mass is 307 g/mol. The molecule has 0 aliphatic heterocycles. The molecule has 0 saturated carbocycles. The second kappa shape index (κ2) is 6.54. The van der Waals surface area contributed by atoms with Crippen LogP contribution in [0.3, 0.4) is 0 Å². The van der Waals surface area contributed by atoms with E-state index in [1.54, 1.807) is 38.1 Å². The molecule has 110 valence electrons. The Bertz CT molecular complexity index is 646. The molecule has 2 aromatic rings. The smallest absolute Gasteiger partial charge is 0.247 e. The predicted octanol–water partition coefficient (Wildman–Crippen LogP) is 3.62. The van der Waals surface area contributed by atoms with Gasteiger partial charge in [0, 0.05) is 11.9 Å². The molecule has 6 heteroatoms. The predicted molar refractivity (Wildman–Crippen MR) is 82.1 cm³/mol. The summed E-state index contributed by atoms with van der Waals surface area (Å²) in [6, 6.07) is 7.45. The first-order valence-electron chi connectivity index (χ1n) is 6.41. The molecular formula is C15H15ClFN3O. The molecule has 2 rings (SSSR count). The van der Waals surface area contributed by atoms with Gasteiger partial charge in [0.25, 0.3) is 0 Å². The fraction of sp³-hybridized carbons (Fsp3) is 0.200. The molecule has 1 atom stereocenters. The van der Waals surface area contributed by atoms with Gasteiger partial charge in [-0.15, -0.1) is 0 Å².